The Morgan fingerprint density at radius 3 is 2.09 bits per heavy atom. The summed E-state index contributed by atoms with van der Waals surface area (Å²) >= 11 is 0. The average molecular weight is 510 g/mol. The highest BCUT2D eigenvalue weighted by Gasteiger charge is 2.46. The Morgan fingerprint density at radius 1 is 0.970 bits per heavy atom. The van der Waals surface area contributed by atoms with Crippen LogP contribution in [0.1, 0.15) is 0 Å². The number of nitrogens with zero attached hydrogens (tertiary/aromatic N) is 1. The molecule has 15 nitrogen and oxygen atoms in total. The summed E-state index contributed by atoms with van der Waals surface area (Å²) in [6, 6.07) is 0. The maximum atomic E-state index is 11.9. The maximum absolute atomic E-state index is 11.9. The van der Waals surface area contributed by atoms with Gasteiger partial charge in [-0.1, -0.05) is 0 Å². The van der Waals surface area contributed by atoms with Crippen molar-refractivity contribution in [3.8, 4) is 0 Å². The molecule has 198 valence electrons. The van der Waals surface area contributed by atoms with Gasteiger partial charge in [-0.25, -0.2) is 4.57 Å². The number of aliphatic hydroxyl groups is 8. The second-order valence-corrected chi connectivity index (χ2v) is 10.2. The van der Waals surface area contributed by atoms with Crippen molar-refractivity contribution >= 4 is 7.82 Å². The molecule has 0 spiro atoms. The Kier molecular flexibility index (Phi) is 12.2. The van der Waals surface area contributed by atoms with Crippen molar-refractivity contribution in [3.63, 3.8) is 0 Å². The third-order valence-electron chi connectivity index (χ3n) is 4.89. The topological polar surface area (TPSA) is 236 Å². The molecule has 0 radical (unpaired) electrons. The summed E-state index contributed by atoms with van der Waals surface area (Å²) in [5, 5.41) is 78.6. The number of phosphoric acid groups is 1. The molecule has 10 atom stereocenters. The minimum absolute atomic E-state index is 0.127. The molecule has 0 saturated carbocycles. The van der Waals surface area contributed by atoms with Crippen LogP contribution in [-0.2, 0) is 23.1 Å². The molecule has 1 aliphatic heterocycles. The number of ether oxygens (including phenoxy) is 2. The Bertz CT molecular complexity index is 619. The van der Waals surface area contributed by atoms with Gasteiger partial charge < -0.3 is 59.7 Å². The van der Waals surface area contributed by atoms with E-state index in [1.54, 1.807) is 0 Å². The van der Waals surface area contributed by atoms with Gasteiger partial charge in [0.05, 0.1) is 41.0 Å². The highest BCUT2D eigenvalue weighted by molar-refractivity contribution is 7.47. The van der Waals surface area contributed by atoms with Crippen molar-refractivity contribution in [2.75, 3.05) is 54.1 Å². The van der Waals surface area contributed by atoms with Crippen molar-refractivity contribution < 1.29 is 73.3 Å². The zero-order valence-electron chi connectivity index (χ0n) is 18.7. The largest absolute Gasteiger partial charge is 0.472 e. The van der Waals surface area contributed by atoms with Crippen molar-refractivity contribution in [2.45, 2.75) is 55.1 Å². The highest BCUT2D eigenvalue weighted by Crippen LogP contribution is 2.43. The van der Waals surface area contributed by atoms with Gasteiger partial charge in [0.1, 0.15) is 62.0 Å². The van der Waals surface area contributed by atoms with E-state index in [0.717, 1.165) is 0 Å². The molecule has 0 bridgehead atoms. The molecule has 1 fully saturated rings. The van der Waals surface area contributed by atoms with Crippen LogP contribution in [0.15, 0.2) is 0 Å². The van der Waals surface area contributed by atoms with Crippen LogP contribution in [0.3, 0.4) is 0 Å². The third-order valence-corrected chi connectivity index (χ3v) is 5.87. The lowest BCUT2D eigenvalue weighted by Crippen LogP contribution is -2.61. The Labute approximate surface area is 191 Å². The first-order valence-corrected chi connectivity index (χ1v) is 11.7. The fraction of sp³-hybridized carbons (Fsp3) is 1.00. The van der Waals surface area contributed by atoms with Crippen LogP contribution in [-0.4, -0.2) is 159 Å². The van der Waals surface area contributed by atoms with Gasteiger partial charge in [-0.05, 0) is 0 Å². The van der Waals surface area contributed by atoms with E-state index in [1.807, 2.05) is 21.1 Å². The van der Waals surface area contributed by atoms with E-state index >= 15 is 0 Å². The van der Waals surface area contributed by atoms with E-state index in [2.05, 4.69) is 4.52 Å². The monoisotopic (exact) mass is 510 g/mol. The Hall–Kier alpha value is -0.330. The molecule has 1 rings (SSSR count). The fourth-order valence-electron chi connectivity index (χ4n) is 2.77. The van der Waals surface area contributed by atoms with Crippen LogP contribution in [0.2, 0.25) is 0 Å². The van der Waals surface area contributed by atoms with Crippen molar-refractivity contribution in [2.24, 2.45) is 0 Å². The maximum Gasteiger partial charge on any atom is 0.472 e. The first-order chi connectivity index (χ1) is 15.1. The van der Waals surface area contributed by atoms with E-state index in [4.69, 9.17) is 14.0 Å². The minimum Gasteiger partial charge on any atom is -0.394 e. The summed E-state index contributed by atoms with van der Waals surface area (Å²) in [7, 11) is 0.928. The zero-order chi connectivity index (χ0) is 25.6. The van der Waals surface area contributed by atoms with Crippen LogP contribution in [0.5, 0.6) is 0 Å². The number of rotatable bonds is 14. The van der Waals surface area contributed by atoms with Gasteiger partial charge in [-0.3, -0.25) is 9.05 Å². The van der Waals surface area contributed by atoms with Crippen molar-refractivity contribution in [1.82, 2.24) is 0 Å². The van der Waals surface area contributed by atoms with Crippen LogP contribution < -0.4 is 0 Å². The molecular formula is C17H37NO14P+. The SMILES string of the molecule is C[N+](C)(C)CCOP(=O)(O)OC[C@H](O)[C@H](O)[C@@H](O)[C@@H](CO)O[C@@H]1O[C@H](CO)[C@@H](O)[C@H](O)[C@@H]1O. The van der Waals surface area contributed by atoms with E-state index in [1.165, 1.54) is 0 Å². The highest BCUT2D eigenvalue weighted by atomic mass is 31.2. The summed E-state index contributed by atoms with van der Waals surface area (Å²) in [5.41, 5.74) is 0. The lowest BCUT2D eigenvalue weighted by molar-refractivity contribution is -0.870. The van der Waals surface area contributed by atoms with Gasteiger partial charge in [0.25, 0.3) is 0 Å². The van der Waals surface area contributed by atoms with E-state index in [0.29, 0.717) is 11.0 Å². The molecule has 9 N–H and O–H groups in total. The molecule has 1 heterocycles. The molecular weight excluding hydrogens is 473 g/mol. The van der Waals surface area contributed by atoms with Crippen molar-refractivity contribution in [3.05, 3.63) is 0 Å². The third kappa shape index (κ3) is 9.68. The fourth-order valence-corrected chi connectivity index (χ4v) is 3.50. The lowest BCUT2D eigenvalue weighted by atomic mass is 9.99. The van der Waals surface area contributed by atoms with E-state index < -0.39 is 82.8 Å². The molecule has 1 unspecified atom stereocenters. The van der Waals surface area contributed by atoms with Gasteiger partial charge in [-0.15, -0.1) is 0 Å². The first kappa shape index (κ1) is 30.7. The van der Waals surface area contributed by atoms with Crippen LogP contribution >= 0.6 is 7.82 Å². The first-order valence-electron chi connectivity index (χ1n) is 10.2. The second kappa shape index (κ2) is 13.1. The number of likely N-dealkylation sites (N-methyl/N-ethyl adjacent to an activating group) is 1. The zero-order valence-corrected chi connectivity index (χ0v) is 19.6. The molecule has 16 heteroatoms. The average Bonchev–Trinajstić information content (AvgIpc) is 2.73. The number of hydrogen-bond donors (Lipinski definition) is 9. The minimum atomic E-state index is -4.57. The number of phosphoric ester groups is 1. The van der Waals surface area contributed by atoms with Gasteiger partial charge in [0.15, 0.2) is 6.29 Å². The van der Waals surface area contributed by atoms with Gasteiger partial charge >= 0.3 is 7.82 Å². The molecule has 0 aromatic rings. The molecule has 0 aromatic carbocycles. The molecule has 33 heavy (non-hydrogen) atoms. The normalized spacial score (nSPS) is 32.1. The van der Waals surface area contributed by atoms with Crippen LogP contribution in [0.25, 0.3) is 0 Å². The molecule has 1 saturated heterocycles. The summed E-state index contributed by atoms with van der Waals surface area (Å²) in [5.74, 6) is 0. The molecule has 0 aliphatic carbocycles. The Morgan fingerprint density at radius 2 is 1.58 bits per heavy atom. The lowest BCUT2D eigenvalue weighted by Gasteiger charge is -2.41. The molecule has 0 amide bonds. The van der Waals surface area contributed by atoms with E-state index in [9.17, 15) is 50.3 Å². The quantitative estimate of drug-likeness (QED) is 0.0787. The van der Waals surface area contributed by atoms with Crippen LogP contribution in [0.4, 0.5) is 0 Å². The standard InChI is InChI=1S/C17H36NO14P/c1-18(2,3)4-5-29-33(27,28)30-8-9(21)12(22)13(23)10(6-19)31-17-16(26)15(25)14(24)11(7-20)32-17/h9-17,19-26H,4-8H2,1-3H3/p+1/t9-,10+,11+,12-,13-,14+,15-,16-,17+/m0/s1. The smallest absolute Gasteiger partial charge is 0.394 e. The van der Waals surface area contributed by atoms with Gasteiger partial charge in [0.2, 0.25) is 0 Å². The summed E-state index contributed by atoms with van der Waals surface area (Å²) in [6.45, 7) is -2.36. The van der Waals surface area contributed by atoms with Gasteiger partial charge in [-0.2, -0.15) is 0 Å². The summed E-state index contributed by atoms with van der Waals surface area (Å²) in [6.07, 6.45) is -16.0. The Balaban J connectivity index is 2.65. The number of aliphatic hydroxyl groups excluding tert-OH is 8. The number of quaternary nitrogens is 1. The molecule has 1 aliphatic rings. The van der Waals surface area contributed by atoms with Gasteiger partial charge in [0, 0.05) is 0 Å². The van der Waals surface area contributed by atoms with E-state index in [-0.39, 0.29) is 6.61 Å². The second-order valence-electron chi connectivity index (χ2n) is 8.71. The van der Waals surface area contributed by atoms with Crippen LogP contribution in [0, 0.1) is 0 Å². The number of hydrogen-bond acceptors (Lipinski definition) is 13. The predicted octanol–water partition coefficient (Wildman–Crippen LogP) is -4.91. The van der Waals surface area contributed by atoms with Crippen molar-refractivity contribution in [1.29, 1.82) is 0 Å². The molecule has 0 aromatic heterocycles. The summed E-state index contributed by atoms with van der Waals surface area (Å²) in [4.78, 5) is 9.65. The summed E-state index contributed by atoms with van der Waals surface area (Å²) < 4.78 is 32.0. The predicted molar refractivity (Wildman–Crippen MR) is 108 cm³/mol.